The molecule has 3 heterocycles. The van der Waals surface area contributed by atoms with Crippen LogP contribution in [0.1, 0.15) is 39.5 Å². The first-order valence-electron chi connectivity index (χ1n) is 9.75. The molecule has 2 amide bonds. The Labute approximate surface area is 162 Å². The third kappa shape index (κ3) is 2.88. The van der Waals surface area contributed by atoms with Gasteiger partial charge in [-0.2, -0.15) is 0 Å². The predicted octanol–water partition coefficient (Wildman–Crippen LogP) is 1.27. The van der Waals surface area contributed by atoms with E-state index in [2.05, 4.69) is 0 Å². The van der Waals surface area contributed by atoms with Crippen LogP contribution in [-0.2, 0) is 14.4 Å². The van der Waals surface area contributed by atoms with E-state index in [0.717, 1.165) is 32.2 Å². The van der Waals surface area contributed by atoms with Crippen molar-refractivity contribution in [2.75, 3.05) is 13.1 Å². The lowest BCUT2D eigenvalue weighted by atomic mass is 9.79. The number of hydrogen-bond donors (Lipinski definition) is 2. The fourth-order valence-electron chi connectivity index (χ4n) is 4.80. The van der Waals surface area contributed by atoms with E-state index < -0.39 is 18.0 Å². The number of hydrogen-bond acceptors (Lipinski definition) is 5. The first-order valence-corrected chi connectivity index (χ1v) is 10.6. The van der Waals surface area contributed by atoms with Gasteiger partial charge in [0.25, 0.3) is 0 Å². The molecule has 27 heavy (non-hydrogen) atoms. The molecule has 0 aromatic rings. The molecule has 4 aliphatic rings. The van der Waals surface area contributed by atoms with E-state index in [4.69, 9.17) is 0 Å². The molecule has 3 fully saturated rings. The van der Waals surface area contributed by atoms with Gasteiger partial charge in [0.2, 0.25) is 11.8 Å². The number of aliphatic hydroxyl groups is 1. The molecule has 1 aliphatic carbocycles. The minimum absolute atomic E-state index is 0.0724. The van der Waals surface area contributed by atoms with Gasteiger partial charge in [-0.1, -0.05) is 13.3 Å². The first-order chi connectivity index (χ1) is 12.8. The molecular weight excluding hydrogens is 368 g/mol. The first kappa shape index (κ1) is 18.8. The number of aliphatic hydroxyl groups excluding tert-OH is 1. The molecule has 1 saturated carbocycles. The fraction of sp³-hybridized carbons (Fsp3) is 0.737. The van der Waals surface area contributed by atoms with E-state index in [-0.39, 0.29) is 40.6 Å². The second kappa shape index (κ2) is 6.81. The Morgan fingerprint density at radius 1 is 1.26 bits per heavy atom. The van der Waals surface area contributed by atoms with E-state index in [1.54, 1.807) is 6.92 Å². The number of thioether (sulfide) groups is 1. The van der Waals surface area contributed by atoms with Crippen molar-refractivity contribution in [3.8, 4) is 0 Å². The summed E-state index contributed by atoms with van der Waals surface area (Å²) in [7, 11) is 0. The normalized spacial score (nSPS) is 34.4. The molecule has 2 N–H and O–H groups in total. The van der Waals surface area contributed by atoms with E-state index in [1.807, 2.05) is 11.8 Å². The van der Waals surface area contributed by atoms with Crippen LogP contribution in [-0.4, -0.2) is 68.3 Å². The fourth-order valence-corrected chi connectivity index (χ4v) is 6.28. The minimum Gasteiger partial charge on any atom is -0.477 e. The summed E-state index contributed by atoms with van der Waals surface area (Å²) in [6.45, 7) is 4.88. The topological polar surface area (TPSA) is 98.2 Å². The number of carboxylic acid groups (broad SMARTS) is 1. The third-order valence-electron chi connectivity index (χ3n) is 6.52. The Hall–Kier alpha value is -1.54. The Balaban J connectivity index is 1.49. The molecule has 7 nitrogen and oxygen atoms in total. The second-order valence-electron chi connectivity index (χ2n) is 8.21. The molecule has 0 aromatic heterocycles. The number of amides is 2. The quantitative estimate of drug-likeness (QED) is 0.682. The van der Waals surface area contributed by atoms with E-state index in [9.17, 15) is 24.6 Å². The van der Waals surface area contributed by atoms with Crippen LogP contribution in [0.4, 0.5) is 0 Å². The molecule has 0 radical (unpaired) electrons. The van der Waals surface area contributed by atoms with Gasteiger partial charge >= 0.3 is 5.97 Å². The molecule has 4 rings (SSSR count). The molecule has 1 unspecified atom stereocenters. The number of carbonyl (C=O) groups is 3. The van der Waals surface area contributed by atoms with Gasteiger partial charge in [0.1, 0.15) is 5.70 Å². The van der Waals surface area contributed by atoms with Gasteiger partial charge in [-0.25, -0.2) is 4.79 Å². The average molecular weight is 394 g/mol. The maximum absolute atomic E-state index is 12.5. The Bertz CT molecular complexity index is 717. The summed E-state index contributed by atoms with van der Waals surface area (Å²) in [4.78, 5) is 40.7. The van der Waals surface area contributed by atoms with E-state index >= 15 is 0 Å². The highest BCUT2D eigenvalue weighted by atomic mass is 32.2. The molecule has 8 heteroatoms. The molecule has 0 spiro atoms. The van der Waals surface area contributed by atoms with Crippen molar-refractivity contribution in [2.45, 2.75) is 56.9 Å². The summed E-state index contributed by atoms with van der Waals surface area (Å²) in [6, 6.07) is -0.278. The van der Waals surface area contributed by atoms with Crippen molar-refractivity contribution < 1.29 is 24.6 Å². The smallest absolute Gasteiger partial charge is 0.353 e. The largest absolute Gasteiger partial charge is 0.477 e. The summed E-state index contributed by atoms with van der Waals surface area (Å²) in [6.07, 6.45) is 3.15. The van der Waals surface area contributed by atoms with Crippen LogP contribution in [0.25, 0.3) is 0 Å². The number of aliphatic carboxylic acids is 1. The second-order valence-corrected chi connectivity index (χ2v) is 9.55. The summed E-state index contributed by atoms with van der Waals surface area (Å²) in [5, 5.41) is 19.8. The number of carbonyl (C=O) groups excluding carboxylic acids is 2. The van der Waals surface area contributed by atoms with Crippen LogP contribution < -0.4 is 0 Å². The summed E-state index contributed by atoms with van der Waals surface area (Å²) < 4.78 is 0. The van der Waals surface area contributed by atoms with Gasteiger partial charge in [0.05, 0.1) is 18.1 Å². The molecule has 2 saturated heterocycles. The molecular formula is C19H26N2O5S. The van der Waals surface area contributed by atoms with Crippen molar-refractivity contribution in [2.24, 2.45) is 17.8 Å². The van der Waals surface area contributed by atoms with Gasteiger partial charge in [0.15, 0.2) is 0 Å². The van der Waals surface area contributed by atoms with Gasteiger partial charge in [-0.3, -0.25) is 9.59 Å². The number of likely N-dealkylation sites (tertiary alicyclic amines) is 1. The number of rotatable bonds is 5. The van der Waals surface area contributed by atoms with E-state index in [0.29, 0.717) is 11.4 Å². The summed E-state index contributed by atoms with van der Waals surface area (Å²) in [5.41, 5.74) is 0.0724. The van der Waals surface area contributed by atoms with Crippen LogP contribution in [0.15, 0.2) is 10.6 Å². The van der Waals surface area contributed by atoms with Crippen LogP contribution >= 0.6 is 11.8 Å². The number of β-lactam (4-membered cyclic amide) rings is 1. The van der Waals surface area contributed by atoms with Crippen LogP contribution in [0, 0.1) is 17.8 Å². The summed E-state index contributed by atoms with van der Waals surface area (Å²) >= 11 is 1.51. The van der Waals surface area contributed by atoms with Gasteiger partial charge < -0.3 is 20.0 Å². The highest BCUT2D eigenvalue weighted by Crippen LogP contribution is 2.52. The van der Waals surface area contributed by atoms with Crippen molar-refractivity contribution >= 4 is 29.5 Å². The SMILES string of the molecule is C[C@@H](O)[C@H]1C(=O)N2C(C(=O)O)=C(SC3CCN(C(=O)C4CCC4)C3)[C@H](C)[C@H]12. The lowest BCUT2D eigenvalue weighted by molar-refractivity contribution is -0.163. The zero-order valence-corrected chi connectivity index (χ0v) is 16.4. The number of nitrogens with zero attached hydrogens (tertiary/aromatic N) is 2. The lowest BCUT2D eigenvalue weighted by Crippen LogP contribution is -2.63. The van der Waals surface area contributed by atoms with Crippen molar-refractivity contribution in [3.63, 3.8) is 0 Å². The van der Waals surface area contributed by atoms with Gasteiger partial charge in [-0.15, -0.1) is 11.8 Å². The highest BCUT2D eigenvalue weighted by Gasteiger charge is 2.60. The third-order valence-corrected chi connectivity index (χ3v) is 8.05. The minimum atomic E-state index is -1.09. The lowest BCUT2D eigenvalue weighted by Gasteiger charge is -2.46. The highest BCUT2D eigenvalue weighted by molar-refractivity contribution is 8.03. The average Bonchev–Trinajstić information content (AvgIpc) is 3.09. The van der Waals surface area contributed by atoms with E-state index in [1.165, 1.54) is 16.7 Å². The van der Waals surface area contributed by atoms with Crippen LogP contribution in [0.2, 0.25) is 0 Å². The monoisotopic (exact) mass is 394 g/mol. The van der Waals surface area contributed by atoms with Crippen molar-refractivity contribution in [3.05, 3.63) is 10.6 Å². The Kier molecular flexibility index (Phi) is 4.74. The molecule has 3 aliphatic heterocycles. The molecule has 5 atom stereocenters. The van der Waals surface area contributed by atoms with Crippen molar-refractivity contribution in [1.82, 2.24) is 9.80 Å². The van der Waals surface area contributed by atoms with Crippen molar-refractivity contribution in [1.29, 1.82) is 0 Å². The molecule has 148 valence electrons. The maximum Gasteiger partial charge on any atom is 0.353 e. The maximum atomic E-state index is 12.5. The molecule has 0 aromatic carbocycles. The summed E-state index contributed by atoms with van der Waals surface area (Å²) in [5.74, 6) is -1.63. The van der Waals surface area contributed by atoms with Crippen LogP contribution in [0.5, 0.6) is 0 Å². The Morgan fingerprint density at radius 3 is 2.52 bits per heavy atom. The number of carboxylic acids is 1. The Morgan fingerprint density at radius 2 is 1.96 bits per heavy atom. The zero-order valence-electron chi connectivity index (χ0n) is 15.6. The molecule has 0 bridgehead atoms. The standard InChI is InChI=1S/C19H26N2O5S/c1-9-14-13(10(2)22)18(24)21(14)15(19(25)26)16(9)27-12-6-7-20(8-12)17(23)11-4-3-5-11/h9-14,22H,3-8H2,1-2H3,(H,25,26)/t9-,10-,12?,13-,14-/m1/s1. The zero-order chi connectivity index (χ0) is 19.5. The predicted molar refractivity (Wildman–Crippen MR) is 99.5 cm³/mol. The number of fused-ring (bicyclic) bond motifs is 1. The van der Waals surface area contributed by atoms with Crippen LogP contribution in [0.3, 0.4) is 0 Å². The van der Waals surface area contributed by atoms with Gasteiger partial charge in [-0.05, 0) is 26.2 Å². The van der Waals surface area contributed by atoms with Gasteiger partial charge in [0, 0.05) is 35.1 Å².